The van der Waals surface area contributed by atoms with Gasteiger partial charge in [-0.1, -0.05) is 31.0 Å². The van der Waals surface area contributed by atoms with E-state index in [9.17, 15) is 9.90 Å². The van der Waals surface area contributed by atoms with Crippen LogP contribution in [0.15, 0.2) is 36.9 Å². The number of anilines is 1. The average Bonchev–Trinajstić information content (AvgIpc) is 3.10. The van der Waals surface area contributed by atoms with Crippen LogP contribution < -0.4 is 10.6 Å². The molecule has 1 saturated carbocycles. The van der Waals surface area contributed by atoms with Crippen molar-refractivity contribution in [1.29, 1.82) is 0 Å². The number of amides is 2. The molecule has 7 heteroatoms. The van der Waals surface area contributed by atoms with Crippen molar-refractivity contribution < 1.29 is 9.90 Å². The fourth-order valence-electron chi connectivity index (χ4n) is 3.21. The number of rotatable bonds is 5. The normalized spacial score (nSPS) is 20.5. The summed E-state index contributed by atoms with van der Waals surface area (Å²) in [4.78, 5) is 16.3. The summed E-state index contributed by atoms with van der Waals surface area (Å²) in [5, 5.41) is 19.5. The molecule has 1 aromatic carbocycles. The minimum Gasteiger partial charge on any atom is -0.396 e. The molecule has 3 rings (SSSR count). The smallest absolute Gasteiger partial charge is 0.319 e. The Morgan fingerprint density at radius 3 is 2.92 bits per heavy atom. The highest BCUT2D eigenvalue weighted by atomic mass is 16.3. The Kier molecular flexibility index (Phi) is 5.43. The first-order chi connectivity index (χ1) is 11.8. The molecule has 1 aliphatic rings. The molecule has 1 fully saturated rings. The second-order valence-corrected chi connectivity index (χ2v) is 6.18. The maximum absolute atomic E-state index is 12.4. The van der Waals surface area contributed by atoms with Gasteiger partial charge in [-0.25, -0.2) is 14.5 Å². The number of para-hydroxylation sites is 1. The Morgan fingerprint density at radius 1 is 1.29 bits per heavy atom. The summed E-state index contributed by atoms with van der Waals surface area (Å²) < 4.78 is 1.71. The van der Waals surface area contributed by atoms with Gasteiger partial charge in [0, 0.05) is 24.3 Å². The Hall–Kier alpha value is -2.41. The minimum absolute atomic E-state index is 0.0335. The van der Waals surface area contributed by atoms with E-state index in [-0.39, 0.29) is 24.6 Å². The number of hydrogen-bond donors (Lipinski definition) is 3. The lowest BCUT2D eigenvalue weighted by Gasteiger charge is -2.30. The zero-order valence-electron chi connectivity index (χ0n) is 13.6. The number of carbonyl (C=O) groups excluding carboxylic acids is 1. The van der Waals surface area contributed by atoms with Crippen LogP contribution in [0.1, 0.15) is 31.2 Å². The van der Waals surface area contributed by atoms with Crippen molar-refractivity contribution in [3.63, 3.8) is 0 Å². The SMILES string of the molecule is O=C(Nc1ccccc1Cn1cncn1)NC1CCCCC1CO. The van der Waals surface area contributed by atoms with Gasteiger partial charge in [0.2, 0.25) is 0 Å². The maximum atomic E-state index is 12.4. The van der Waals surface area contributed by atoms with Crippen LogP contribution in [-0.4, -0.2) is 38.6 Å². The van der Waals surface area contributed by atoms with Crippen LogP contribution in [0.5, 0.6) is 0 Å². The standard InChI is InChI=1S/C17H23N5O2/c23-10-14-6-2-4-8-16(14)21-17(24)20-15-7-3-1-5-13(15)9-22-12-18-11-19-22/h1,3,5,7,11-12,14,16,23H,2,4,6,8-10H2,(H2,20,21,24). The van der Waals surface area contributed by atoms with Crippen LogP contribution in [0.3, 0.4) is 0 Å². The van der Waals surface area contributed by atoms with Crippen molar-refractivity contribution >= 4 is 11.7 Å². The lowest BCUT2D eigenvalue weighted by molar-refractivity contribution is 0.156. The largest absolute Gasteiger partial charge is 0.396 e. The van der Waals surface area contributed by atoms with Gasteiger partial charge in [0.15, 0.2) is 0 Å². The van der Waals surface area contributed by atoms with Crippen molar-refractivity contribution in [2.45, 2.75) is 38.3 Å². The van der Waals surface area contributed by atoms with Gasteiger partial charge < -0.3 is 15.7 Å². The molecule has 2 amide bonds. The fraction of sp³-hybridized carbons (Fsp3) is 0.471. The molecule has 2 aromatic rings. The van der Waals surface area contributed by atoms with Crippen LogP contribution in [0.25, 0.3) is 0 Å². The summed E-state index contributed by atoms with van der Waals surface area (Å²) in [6.07, 6.45) is 7.21. The molecule has 0 bridgehead atoms. The molecule has 0 saturated heterocycles. The molecule has 0 aliphatic heterocycles. The average molecular weight is 329 g/mol. The number of aromatic nitrogens is 3. The monoisotopic (exact) mass is 329 g/mol. The number of aliphatic hydroxyl groups is 1. The third-order valence-electron chi connectivity index (χ3n) is 4.52. The van der Waals surface area contributed by atoms with Gasteiger partial charge in [0.25, 0.3) is 0 Å². The number of aliphatic hydroxyl groups excluding tert-OH is 1. The Morgan fingerprint density at radius 2 is 2.12 bits per heavy atom. The van der Waals surface area contributed by atoms with Crippen molar-refractivity contribution in [2.24, 2.45) is 5.92 Å². The number of urea groups is 1. The first-order valence-corrected chi connectivity index (χ1v) is 8.35. The van der Waals surface area contributed by atoms with Gasteiger partial charge in [0.1, 0.15) is 12.7 Å². The van der Waals surface area contributed by atoms with Crippen molar-refractivity contribution in [1.82, 2.24) is 20.1 Å². The number of benzene rings is 1. The fourth-order valence-corrected chi connectivity index (χ4v) is 3.21. The summed E-state index contributed by atoms with van der Waals surface area (Å²) in [5.74, 6) is 0.148. The highest BCUT2D eigenvalue weighted by Crippen LogP contribution is 2.24. The Labute approximate surface area is 141 Å². The second-order valence-electron chi connectivity index (χ2n) is 6.18. The molecule has 1 heterocycles. The molecule has 1 aromatic heterocycles. The number of hydrogen-bond acceptors (Lipinski definition) is 4. The predicted octanol–water partition coefficient (Wildman–Crippen LogP) is 2.00. The predicted molar refractivity (Wildman–Crippen MR) is 90.6 cm³/mol. The van der Waals surface area contributed by atoms with Crippen LogP contribution >= 0.6 is 0 Å². The van der Waals surface area contributed by atoms with Crippen LogP contribution in [0, 0.1) is 5.92 Å². The van der Waals surface area contributed by atoms with E-state index in [0.29, 0.717) is 6.54 Å². The molecule has 2 atom stereocenters. The van der Waals surface area contributed by atoms with E-state index < -0.39 is 0 Å². The van der Waals surface area contributed by atoms with E-state index in [4.69, 9.17) is 0 Å². The van der Waals surface area contributed by atoms with E-state index in [2.05, 4.69) is 20.7 Å². The van der Waals surface area contributed by atoms with Crippen LogP contribution in [0.4, 0.5) is 10.5 Å². The first-order valence-electron chi connectivity index (χ1n) is 8.35. The molecule has 0 radical (unpaired) electrons. The van der Waals surface area contributed by atoms with E-state index in [1.807, 2.05) is 24.3 Å². The second kappa shape index (κ2) is 7.92. The lowest BCUT2D eigenvalue weighted by Crippen LogP contribution is -2.45. The topological polar surface area (TPSA) is 92.1 Å². The number of nitrogens with one attached hydrogen (secondary N) is 2. The van der Waals surface area contributed by atoms with E-state index >= 15 is 0 Å². The minimum atomic E-state index is -0.230. The molecule has 1 aliphatic carbocycles. The lowest BCUT2D eigenvalue weighted by atomic mass is 9.85. The number of nitrogens with zero attached hydrogens (tertiary/aromatic N) is 3. The highest BCUT2D eigenvalue weighted by molar-refractivity contribution is 5.90. The number of carbonyl (C=O) groups is 1. The third-order valence-corrected chi connectivity index (χ3v) is 4.52. The summed E-state index contributed by atoms with van der Waals surface area (Å²) in [6.45, 7) is 0.660. The zero-order chi connectivity index (χ0) is 16.8. The summed E-state index contributed by atoms with van der Waals surface area (Å²) >= 11 is 0. The molecule has 24 heavy (non-hydrogen) atoms. The maximum Gasteiger partial charge on any atom is 0.319 e. The summed E-state index contributed by atoms with van der Waals surface area (Å²) in [6, 6.07) is 7.44. The molecule has 128 valence electrons. The van der Waals surface area contributed by atoms with Crippen LogP contribution in [-0.2, 0) is 6.54 Å². The Balaban J connectivity index is 1.63. The molecule has 0 spiro atoms. The van der Waals surface area contributed by atoms with Gasteiger partial charge in [-0.05, 0) is 24.5 Å². The van der Waals surface area contributed by atoms with Crippen molar-refractivity contribution in [2.75, 3.05) is 11.9 Å². The summed E-state index contributed by atoms with van der Waals surface area (Å²) in [7, 11) is 0. The molecule has 2 unspecified atom stereocenters. The van der Waals surface area contributed by atoms with Gasteiger partial charge in [-0.3, -0.25) is 0 Å². The van der Waals surface area contributed by atoms with Gasteiger partial charge in [0.05, 0.1) is 6.54 Å². The van der Waals surface area contributed by atoms with Crippen molar-refractivity contribution in [3.05, 3.63) is 42.5 Å². The van der Waals surface area contributed by atoms with Crippen LogP contribution in [0.2, 0.25) is 0 Å². The van der Waals surface area contributed by atoms with Gasteiger partial charge in [-0.15, -0.1) is 0 Å². The molecular formula is C17H23N5O2. The zero-order valence-corrected chi connectivity index (χ0v) is 13.6. The molecule has 3 N–H and O–H groups in total. The van der Waals surface area contributed by atoms with Gasteiger partial charge >= 0.3 is 6.03 Å². The summed E-state index contributed by atoms with van der Waals surface area (Å²) in [5.41, 5.74) is 1.71. The van der Waals surface area contributed by atoms with Gasteiger partial charge in [-0.2, -0.15) is 5.10 Å². The highest BCUT2D eigenvalue weighted by Gasteiger charge is 2.25. The Bertz CT molecular complexity index is 659. The third kappa shape index (κ3) is 4.11. The molecular weight excluding hydrogens is 306 g/mol. The van der Waals surface area contributed by atoms with E-state index in [1.165, 1.54) is 6.33 Å². The first kappa shape index (κ1) is 16.4. The van der Waals surface area contributed by atoms with E-state index in [0.717, 1.165) is 36.9 Å². The molecule has 7 nitrogen and oxygen atoms in total. The van der Waals surface area contributed by atoms with E-state index in [1.54, 1.807) is 11.0 Å². The van der Waals surface area contributed by atoms with Crippen molar-refractivity contribution in [3.8, 4) is 0 Å². The quantitative estimate of drug-likeness (QED) is 0.782.